The standard InChI is InChI=1S/C13H18N2O3/c1-8(2)15-13(17)6-14-11-7-18-12-5-9(16)3-4-10(11)12/h3-5,8,11,14,16H,6-7H2,1-2H3,(H,15,17). The summed E-state index contributed by atoms with van der Waals surface area (Å²) >= 11 is 0. The highest BCUT2D eigenvalue weighted by Crippen LogP contribution is 2.34. The number of fused-ring (bicyclic) bond motifs is 1. The molecule has 1 aromatic carbocycles. The van der Waals surface area contributed by atoms with E-state index in [9.17, 15) is 9.90 Å². The van der Waals surface area contributed by atoms with Crippen molar-refractivity contribution in [2.75, 3.05) is 13.2 Å². The minimum absolute atomic E-state index is 0.00138. The van der Waals surface area contributed by atoms with Gasteiger partial charge in [-0.25, -0.2) is 0 Å². The molecule has 0 spiro atoms. The van der Waals surface area contributed by atoms with E-state index in [1.54, 1.807) is 12.1 Å². The largest absolute Gasteiger partial charge is 0.508 e. The van der Waals surface area contributed by atoms with E-state index < -0.39 is 0 Å². The van der Waals surface area contributed by atoms with Crippen LogP contribution in [0.25, 0.3) is 0 Å². The van der Waals surface area contributed by atoms with Crippen molar-refractivity contribution in [3.8, 4) is 11.5 Å². The maximum atomic E-state index is 11.5. The van der Waals surface area contributed by atoms with E-state index >= 15 is 0 Å². The summed E-state index contributed by atoms with van der Waals surface area (Å²) in [5.74, 6) is 0.834. The zero-order valence-electron chi connectivity index (χ0n) is 10.6. The molecule has 1 aromatic rings. The molecule has 0 aromatic heterocycles. The molecule has 2 rings (SSSR count). The molecule has 5 nitrogen and oxygen atoms in total. The Kier molecular flexibility index (Phi) is 3.72. The van der Waals surface area contributed by atoms with Crippen LogP contribution in [0.15, 0.2) is 18.2 Å². The number of carbonyl (C=O) groups excluding carboxylic acids is 1. The van der Waals surface area contributed by atoms with Crippen LogP contribution < -0.4 is 15.4 Å². The molecule has 1 unspecified atom stereocenters. The minimum atomic E-state index is -0.0303. The summed E-state index contributed by atoms with van der Waals surface area (Å²) in [6, 6.07) is 5.17. The summed E-state index contributed by atoms with van der Waals surface area (Å²) in [6.45, 7) is 4.59. The maximum Gasteiger partial charge on any atom is 0.234 e. The van der Waals surface area contributed by atoms with Crippen LogP contribution in [-0.4, -0.2) is 30.2 Å². The van der Waals surface area contributed by atoms with Crippen LogP contribution >= 0.6 is 0 Å². The van der Waals surface area contributed by atoms with E-state index in [1.807, 2.05) is 19.9 Å². The van der Waals surface area contributed by atoms with E-state index in [0.717, 1.165) is 5.56 Å². The second kappa shape index (κ2) is 5.27. The van der Waals surface area contributed by atoms with E-state index in [-0.39, 0.29) is 30.3 Å². The molecule has 5 heteroatoms. The Morgan fingerprint density at radius 1 is 1.56 bits per heavy atom. The normalized spacial score (nSPS) is 17.4. The van der Waals surface area contributed by atoms with Gasteiger partial charge in [-0.3, -0.25) is 10.1 Å². The lowest BCUT2D eigenvalue weighted by atomic mass is 10.1. The average Bonchev–Trinajstić information content (AvgIpc) is 2.67. The predicted molar refractivity (Wildman–Crippen MR) is 67.6 cm³/mol. The molecule has 1 heterocycles. The van der Waals surface area contributed by atoms with Crippen molar-refractivity contribution in [1.29, 1.82) is 0 Å². The second-order valence-corrected chi connectivity index (χ2v) is 4.69. The van der Waals surface area contributed by atoms with Gasteiger partial charge < -0.3 is 15.2 Å². The van der Waals surface area contributed by atoms with Gasteiger partial charge in [0.1, 0.15) is 18.1 Å². The number of rotatable bonds is 4. The van der Waals surface area contributed by atoms with Gasteiger partial charge in [-0.05, 0) is 26.0 Å². The summed E-state index contributed by atoms with van der Waals surface area (Å²) < 4.78 is 5.45. The van der Waals surface area contributed by atoms with Crippen LogP contribution in [-0.2, 0) is 4.79 Å². The van der Waals surface area contributed by atoms with Crippen LogP contribution in [0.1, 0.15) is 25.5 Å². The topological polar surface area (TPSA) is 70.6 Å². The molecule has 1 amide bonds. The van der Waals surface area contributed by atoms with E-state index in [1.165, 1.54) is 0 Å². The first-order valence-corrected chi connectivity index (χ1v) is 6.04. The van der Waals surface area contributed by atoms with Gasteiger partial charge in [0.25, 0.3) is 0 Å². The van der Waals surface area contributed by atoms with Gasteiger partial charge in [0.15, 0.2) is 0 Å². The van der Waals surface area contributed by atoms with Crippen molar-refractivity contribution < 1.29 is 14.6 Å². The molecule has 0 bridgehead atoms. The Labute approximate surface area is 106 Å². The third-order valence-corrected chi connectivity index (χ3v) is 2.74. The van der Waals surface area contributed by atoms with Crippen LogP contribution in [0.5, 0.6) is 11.5 Å². The molecule has 18 heavy (non-hydrogen) atoms. The van der Waals surface area contributed by atoms with Crippen molar-refractivity contribution in [3.63, 3.8) is 0 Å². The van der Waals surface area contributed by atoms with Crippen molar-refractivity contribution in [2.24, 2.45) is 0 Å². The van der Waals surface area contributed by atoms with Crippen molar-refractivity contribution >= 4 is 5.91 Å². The van der Waals surface area contributed by atoms with E-state index in [2.05, 4.69) is 10.6 Å². The number of carbonyl (C=O) groups is 1. The fourth-order valence-corrected chi connectivity index (χ4v) is 1.96. The minimum Gasteiger partial charge on any atom is -0.508 e. The van der Waals surface area contributed by atoms with Crippen LogP contribution in [0.2, 0.25) is 0 Å². The van der Waals surface area contributed by atoms with Crippen LogP contribution in [0.4, 0.5) is 0 Å². The lowest BCUT2D eigenvalue weighted by Gasteiger charge is -2.13. The first-order valence-electron chi connectivity index (χ1n) is 6.04. The number of benzene rings is 1. The van der Waals surface area contributed by atoms with E-state index in [0.29, 0.717) is 12.4 Å². The Morgan fingerprint density at radius 2 is 2.33 bits per heavy atom. The summed E-state index contributed by atoms with van der Waals surface area (Å²) in [6.07, 6.45) is 0. The number of phenolic OH excluding ortho intramolecular Hbond substituents is 1. The molecule has 98 valence electrons. The number of aromatic hydroxyl groups is 1. The van der Waals surface area contributed by atoms with Gasteiger partial charge in [0, 0.05) is 17.7 Å². The van der Waals surface area contributed by atoms with Gasteiger partial charge in [-0.1, -0.05) is 0 Å². The predicted octanol–water partition coefficient (Wildman–Crippen LogP) is 0.940. The van der Waals surface area contributed by atoms with Gasteiger partial charge in [-0.15, -0.1) is 0 Å². The zero-order valence-corrected chi connectivity index (χ0v) is 10.6. The number of ether oxygens (including phenoxy) is 1. The number of nitrogens with one attached hydrogen (secondary N) is 2. The zero-order chi connectivity index (χ0) is 13.1. The average molecular weight is 250 g/mol. The highest BCUT2D eigenvalue weighted by atomic mass is 16.5. The Balaban J connectivity index is 1.92. The number of phenols is 1. The van der Waals surface area contributed by atoms with Crippen LogP contribution in [0.3, 0.4) is 0 Å². The van der Waals surface area contributed by atoms with Crippen LogP contribution in [0, 0.1) is 0 Å². The van der Waals surface area contributed by atoms with Gasteiger partial charge >= 0.3 is 0 Å². The third kappa shape index (κ3) is 2.92. The lowest BCUT2D eigenvalue weighted by molar-refractivity contribution is -0.120. The van der Waals surface area contributed by atoms with Crippen molar-refractivity contribution in [3.05, 3.63) is 23.8 Å². The Morgan fingerprint density at radius 3 is 3.06 bits per heavy atom. The Bertz CT molecular complexity index is 446. The highest BCUT2D eigenvalue weighted by Gasteiger charge is 2.24. The SMILES string of the molecule is CC(C)NC(=O)CNC1COc2cc(O)ccc21. The molecule has 0 aliphatic carbocycles. The molecule has 0 saturated heterocycles. The van der Waals surface area contributed by atoms with Gasteiger partial charge in [-0.2, -0.15) is 0 Å². The lowest BCUT2D eigenvalue weighted by Crippen LogP contribution is -2.39. The molecule has 0 saturated carbocycles. The molecule has 1 aliphatic heterocycles. The first-order chi connectivity index (χ1) is 8.56. The fraction of sp³-hybridized carbons (Fsp3) is 0.462. The summed E-state index contributed by atoms with van der Waals surface area (Å²) in [5.41, 5.74) is 0.977. The summed E-state index contributed by atoms with van der Waals surface area (Å²) in [4.78, 5) is 11.5. The molecule has 0 fully saturated rings. The smallest absolute Gasteiger partial charge is 0.234 e. The first kappa shape index (κ1) is 12.7. The number of hydrogen-bond acceptors (Lipinski definition) is 4. The molecular formula is C13H18N2O3. The molecular weight excluding hydrogens is 232 g/mol. The van der Waals surface area contributed by atoms with E-state index in [4.69, 9.17) is 4.74 Å². The quantitative estimate of drug-likeness (QED) is 0.743. The third-order valence-electron chi connectivity index (χ3n) is 2.74. The number of amides is 1. The van der Waals surface area contributed by atoms with Crippen molar-refractivity contribution in [2.45, 2.75) is 25.9 Å². The fourth-order valence-electron chi connectivity index (χ4n) is 1.96. The number of hydrogen-bond donors (Lipinski definition) is 3. The Hall–Kier alpha value is -1.75. The molecule has 1 atom stereocenters. The molecule has 0 radical (unpaired) electrons. The van der Waals surface area contributed by atoms with Crippen molar-refractivity contribution in [1.82, 2.24) is 10.6 Å². The summed E-state index contributed by atoms with van der Waals surface area (Å²) in [5, 5.41) is 15.3. The van der Waals surface area contributed by atoms with Gasteiger partial charge in [0.05, 0.1) is 12.6 Å². The maximum absolute atomic E-state index is 11.5. The molecule has 3 N–H and O–H groups in total. The molecule has 1 aliphatic rings. The van der Waals surface area contributed by atoms with Gasteiger partial charge in [0.2, 0.25) is 5.91 Å². The highest BCUT2D eigenvalue weighted by molar-refractivity contribution is 5.78. The monoisotopic (exact) mass is 250 g/mol. The summed E-state index contributed by atoms with van der Waals surface area (Å²) in [7, 11) is 0. The second-order valence-electron chi connectivity index (χ2n) is 4.69.